The molecule has 0 aliphatic carbocycles. The minimum absolute atomic E-state index is 0.171. The van der Waals surface area contributed by atoms with Crippen LogP contribution in [0, 0.1) is 20.8 Å². The van der Waals surface area contributed by atoms with Gasteiger partial charge in [-0.2, -0.15) is 13.2 Å². The highest BCUT2D eigenvalue weighted by atomic mass is 19.4. The van der Waals surface area contributed by atoms with Crippen LogP contribution < -0.4 is 0 Å². The van der Waals surface area contributed by atoms with Crippen LogP contribution in [0.25, 0.3) is 27.5 Å². The molecule has 1 nitrogen and oxygen atoms in total. The molecule has 0 aliphatic heterocycles. The maximum Gasteiger partial charge on any atom is 0.418 e. The van der Waals surface area contributed by atoms with Crippen LogP contribution in [-0.2, 0) is 6.18 Å². The van der Waals surface area contributed by atoms with Crippen LogP contribution >= 0.6 is 0 Å². The summed E-state index contributed by atoms with van der Waals surface area (Å²) in [6, 6.07) is 16.1. The van der Waals surface area contributed by atoms with E-state index in [1.54, 1.807) is 10.6 Å². The number of aromatic nitrogens is 1. The summed E-state index contributed by atoms with van der Waals surface area (Å²) in [6.45, 7) is 5.80. The summed E-state index contributed by atoms with van der Waals surface area (Å²) in [5.41, 5.74) is 4.08. The largest absolute Gasteiger partial charge is 0.418 e. The first-order chi connectivity index (χ1) is 12.3. The fourth-order valence-electron chi connectivity index (χ4n) is 3.58. The first-order valence-electron chi connectivity index (χ1n) is 8.45. The molecule has 0 N–H and O–H groups in total. The van der Waals surface area contributed by atoms with Crippen LogP contribution in [0.15, 0.2) is 54.6 Å². The Morgan fingerprint density at radius 3 is 1.62 bits per heavy atom. The molecule has 0 fully saturated rings. The van der Waals surface area contributed by atoms with Gasteiger partial charge < -0.3 is 4.57 Å². The average Bonchev–Trinajstić information content (AvgIpc) is 2.86. The van der Waals surface area contributed by atoms with Crippen LogP contribution in [0.1, 0.15) is 22.3 Å². The third-order valence-electron chi connectivity index (χ3n) is 4.78. The van der Waals surface area contributed by atoms with Gasteiger partial charge in [-0.1, -0.05) is 29.3 Å². The second-order valence-electron chi connectivity index (χ2n) is 6.89. The third-order valence-corrected chi connectivity index (χ3v) is 4.78. The molecular formula is C22H18F3N. The highest BCUT2D eigenvalue weighted by Crippen LogP contribution is 2.39. The SMILES string of the molecule is Cc1ccc(C(F)(F)F)c(-n2c3ccc(C)cc3c3cc(C)ccc32)c1. The predicted molar refractivity (Wildman–Crippen MR) is 100.0 cm³/mol. The number of aryl methyl sites for hydroxylation is 3. The number of hydrogen-bond acceptors (Lipinski definition) is 0. The Hall–Kier alpha value is -2.75. The van der Waals surface area contributed by atoms with Crippen molar-refractivity contribution in [1.29, 1.82) is 0 Å². The van der Waals surface area contributed by atoms with Crippen LogP contribution in [0.4, 0.5) is 13.2 Å². The van der Waals surface area contributed by atoms with E-state index in [0.29, 0.717) is 0 Å². The minimum Gasteiger partial charge on any atom is -0.309 e. The van der Waals surface area contributed by atoms with Gasteiger partial charge in [-0.05, 0) is 62.7 Å². The number of fused-ring (bicyclic) bond motifs is 3. The van der Waals surface area contributed by atoms with Gasteiger partial charge in [-0.15, -0.1) is 0 Å². The fourth-order valence-corrected chi connectivity index (χ4v) is 3.58. The van der Waals surface area contributed by atoms with Crippen LogP contribution in [0.3, 0.4) is 0 Å². The molecule has 0 unspecified atom stereocenters. The third kappa shape index (κ3) is 2.57. The second-order valence-corrected chi connectivity index (χ2v) is 6.89. The van der Waals surface area contributed by atoms with Crippen LogP contribution in [0.2, 0.25) is 0 Å². The summed E-state index contributed by atoms with van der Waals surface area (Å²) in [7, 11) is 0. The Morgan fingerprint density at radius 1 is 0.654 bits per heavy atom. The molecular weight excluding hydrogens is 335 g/mol. The maximum atomic E-state index is 13.7. The molecule has 0 bridgehead atoms. The summed E-state index contributed by atoms with van der Waals surface area (Å²) in [6.07, 6.45) is -4.42. The topological polar surface area (TPSA) is 4.93 Å². The van der Waals surface area contributed by atoms with Gasteiger partial charge in [0.25, 0.3) is 0 Å². The molecule has 0 atom stereocenters. The van der Waals surface area contributed by atoms with Gasteiger partial charge in [-0.3, -0.25) is 0 Å². The first-order valence-corrected chi connectivity index (χ1v) is 8.45. The van der Waals surface area contributed by atoms with E-state index in [0.717, 1.165) is 38.5 Å². The van der Waals surface area contributed by atoms with Gasteiger partial charge in [0.05, 0.1) is 22.3 Å². The number of nitrogens with zero attached hydrogens (tertiary/aromatic N) is 1. The number of alkyl halides is 3. The van der Waals surface area contributed by atoms with E-state index in [1.807, 2.05) is 57.2 Å². The highest BCUT2D eigenvalue weighted by Gasteiger charge is 2.34. The van der Waals surface area contributed by atoms with Crippen molar-refractivity contribution in [2.45, 2.75) is 26.9 Å². The molecule has 4 rings (SSSR count). The molecule has 0 saturated heterocycles. The molecule has 1 aromatic heterocycles. The van der Waals surface area contributed by atoms with Gasteiger partial charge in [0.2, 0.25) is 0 Å². The predicted octanol–water partition coefficient (Wildman–Crippen LogP) is 6.73. The van der Waals surface area contributed by atoms with E-state index >= 15 is 0 Å². The summed E-state index contributed by atoms with van der Waals surface area (Å²) in [4.78, 5) is 0. The van der Waals surface area contributed by atoms with E-state index in [4.69, 9.17) is 0 Å². The van der Waals surface area contributed by atoms with Crippen molar-refractivity contribution in [3.63, 3.8) is 0 Å². The lowest BCUT2D eigenvalue weighted by Crippen LogP contribution is -2.11. The average molecular weight is 353 g/mol. The van der Waals surface area contributed by atoms with Gasteiger partial charge in [0.15, 0.2) is 0 Å². The Morgan fingerprint density at radius 2 is 1.12 bits per heavy atom. The van der Waals surface area contributed by atoms with Crippen molar-refractivity contribution in [2.75, 3.05) is 0 Å². The second kappa shape index (κ2) is 5.63. The summed E-state index contributed by atoms with van der Waals surface area (Å²) < 4.78 is 42.8. The van der Waals surface area contributed by atoms with E-state index < -0.39 is 11.7 Å². The standard InChI is InChI=1S/C22H18F3N/c1-13-5-8-19-16(10-13)17-11-14(2)6-9-20(17)26(19)21-12-15(3)4-7-18(21)22(23,24)25/h4-12H,1-3H3. The zero-order valence-corrected chi connectivity index (χ0v) is 14.8. The van der Waals surface area contributed by atoms with Crippen LogP contribution in [-0.4, -0.2) is 4.57 Å². The number of hydrogen-bond donors (Lipinski definition) is 0. The van der Waals surface area contributed by atoms with E-state index in [-0.39, 0.29) is 5.69 Å². The summed E-state index contributed by atoms with van der Waals surface area (Å²) in [5, 5.41) is 1.94. The Bertz CT molecular complexity index is 1090. The van der Waals surface area contributed by atoms with Crippen molar-refractivity contribution in [3.8, 4) is 5.69 Å². The molecule has 0 radical (unpaired) electrons. The van der Waals surface area contributed by atoms with Gasteiger partial charge in [0.1, 0.15) is 0 Å². The molecule has 0 aliphatic rings. The number of rotatable bonds is 1. The summed E-state index contributed by atoms with van der Waals surface area (Å²) >= 11 is 0. The monoisotopic (exact) mass is 353 g/mol. The number of halogens is 3. The van der Waals surface area contributed by atoms with Crippen molar-refractivity contribution >= 4 is 21.8 Å². The molecule has 4 heteroatoms. The molecule has 0 spiro atoms. The normalized spacial score (nSPS) is 12.2. The highest BCUT2D eigenvalue weighted by molar-refractivity contribution is 6.09. The lowest BCUT2D eigenvalue weighted by atomic mass is 10.1. The minimum atomic E-state index is -4.42. The van der Waals surface area contributed by atoms with E-state index in [1.165, 1.54) is 12.1 Å². The van der Waals surface area contributed by atoms with Crippen molar-refractivity contribution in [2.24, 2.45) is 0 Å². The smallest absolute Gasteiger partial charge is 0.309 e. The fraction of sp³-hybridized carbons (Fsp3) is 0.182. The van der Waals surface area contributed by atoms with Crippen molar-refractivity contribution < 1.29 is 13.2 Å². The molecule has 0 amide bonds. The molecule has 26 heavy (non-hydrogen) atoms. The van der Waals surface area contributed by atoms with Crippen molar-refractivity contribution in [3.05, 3.63) is 76.9 Å². The Kier molecular flexibility index (Phi) is 3.62. The van der Waals surface area contributed by atoms with Gasteiger partial charge in [-0.25, -0.2) is 0 Å². The quantitative estimate of drug-likeness (QED) is 0.358. The molecule has 0 saturated carbocycles. The molecule has 132 valence electrons. The number of benzene rings is 3. The molecule has 3 aromatic carbocycles. The zero-order valence-electron chi connectivity index (χ0n) is 14.8. The Balaban J connectivity index is 2.21. The van der Waals surface area contributed by atoms with Crippen LogP contribution in [0.5, 0.6) is 0 Å². The van der Waals surface area contributed by atoms with Gasteiger partial charge >= 0.3 is 6.18 Å². The van der Waals surface area contributed by atoms with Crippen molar-refractivity contribution in [1.82, 2.24) is 4.57 Å². The zero-order chi connectivity index (χ0) is 18.6. The lowest BCUT2D eigenvalue weighted by Gasteiger charge is -2.16. The van der Waals surface area contributed by atoms with E-state index in [9.17, 15) is 13.2 Å². The maximum absolute atomic E-state index is 13.7. The lowest BCUT2D eigenvalue weighted by molar-refractivity contribution is -0.137. The Labute approximate surface area is 149 Å². The van der Waals surface area contributed by atoms with Gasteiger partial charge in [0, 0.05) is 10.8 Å². The first kappa shape index (κ1) is 16.7. The van der Waals surface area contributed by atoms with E-state index in [2.05, 4.69) is 0 Å². The molecule has 4 aromatic rings. The molecule has 1 heterocycles. The summed E-state index contributed by atoms with van der Waals surface area (Å²) in [5.74, 6) is 0.